The number of carboxylic acids is 1. The molecule has 0 heterocycles. The van der Waals surface area contributed by atoms with Crippen LogP contribution in [-0.4, -0.2) is 24.3 Å². The summed E-state index contributed by atoms with van der Waals surface area (Å²) in [4.78, 5) is 10.8. The maximum atomic E-state index is 10.8. The Morgan fingerprint density at radius 3 is 2.60 bits per heavy atom. The van der Waals surface area contributed by atoms with Crippen LogP contribution in [0.4, 0.5) is 0 Å². The molecule has 0 aromatic rings. The third-order valence-corrected chi connectivity index (χ3v) is 2.37. The summed E-state index contributed by atoms with van der Waals surface area (Å²) < 4.78 is 5.32. The van der Waals surface area contributed by atoms with Gasteiger partial charge in [-0.3, -0.25) is 4.79 Å². The summed E-state index contributed by atoms with van der Waals surface area (Å²) in [7, 11) is 0. The first kappa shape index (κ1) is 14.2. The standard InChI is InChI=1S/C12H22O3/c1-4-5-9-15-10-7-6-8-12(2,3)11(13)14/h4-5H,6-10H2,1-3H3,(H,13,14)/b5-4+. The Morgan fingerprint density at radius 1 is 1.40 bits per heavy atom. The molecule has 0 fully saturated rings. The summed E-state index contributed by atoms with van der Waals surface area (Å²) in [5.41, 5.74) is -0.608. The molecule has 0 unspecified atom stereocenters. The molecule has 0 aromatic carbocycles. The van der Waals surface area contributed by atoms with Crippen LogP contribution in [-0.2, 0) is 9.53 Å². The zero-order valence-electron chi connectivity index (χ0n) is 9.95. The summed E-state index contributed by atoms with van der Waals surface area (Å²) in [6, 6.07) is 0. The molecule has 0 aliphatic carbocycles. The number of carboxylic acid groups (broad SMARTS) is 1. The fourth-order valence-corrected chi connectivity index (χ4v) is 1.13. The van der Waals surface area contributed by atoms with Crippen molar-refractivity contribution in [2.75, 3.05) is 13.2 Å². The van der Waals surface area contributed by atoms with Gasteiger partial charge in [0.2, 0.25) is 0 Å². The molecule has 88 valence electrons. The van der Waals surface area contributed by atoms with Crippen LogP contribution in [0.25, 0.3) is 0 Å². The van der Waals surface area contributed by atoms with E-state index in [1.165, 1.54) is 0 Å². The molecule has 0 saturated heterocycles. The minimum atomic E-state index is -0.725. The second-order valence-corrected chi connectivity index (χ2v) is 4.29. The van der Waals surface area contributed by atoms with Gasteiger partial charge in [0.15, 0.2) is 0 Å². The first-order valence-corrected chi connectivity index (χ1v) is 5.43. The van der Waals surface area contributed by atoms with Crippen LogP contribution in [0.15, 0.2) is 12.2 Å². The average molecular weight is 214 g/mol. The fourth-order valence-electron chi connectivity index (χ4n) is 1.13. The molecule has 3 nitrogen and oxygen atoms in total. The maximum Gasteiger partial charge on any atom is 0.309 e. The Labute approximate surface area is 92.1 Å². The van der Waals surface area contributed by atoms with E-state index in [1.54, 1.807) is 13.8 Å². The highest BCUT2D eigenvalue weighted by atomic mass is 16.5. The molecule has 3 heteroatoms. The third-order valence-electron chi connectivity index (χ3n) is 2.37. The van der Waals surface area contributed by atoms with Gasteiger partial charge in [0.05, 0.1) is 12.0 Å². The van der Waals surface area contributed by atoms with Crippen LogP contribution in [0, 0.1) is 5.41 Å². The second-order valence-electron chi connectivity index (χ2n) is 4.29. The highest BCUT2D eigenvalue weighted by Crippen LogP contribution is 2.23. The maximum absolute atomic E-state index is 10.8. The molecule has 0 aromatic heterocycles. The molecule has 0 bridgehead atoms. The summed E-state index contributed by atoms with van der Waals surface area (Å²) in [5.74, 6) is -0.725. The number of carbonyl (C=O) groups is 1. The first-order chi connectivity index (χ1) is 7.00. The SMILES string of the molecule is C/C=C/COCCCCC(C)(C)C(=O)O. The van der Waals surface area contributed by atoms with E-state index in [9.17, 15) is 4.79 Å². The van der Waals surface area contributed by atoms with E-state index in [0.29, 0.717) is 19.6 Å². The molecule has 0 rings (SSSR count). The predicted molar refractivity (Wildman–Crippen MR) is 60.9 cm³/mol. The van der Waals surface area contributed by atoms with Crippen molar-refractivity contribution in [1.29, 1.82) is 0 Å². The Kier molecular flexibility index (Phi) is 7.05. The van der Waals surface area contributed by atoms with E-state index in [-0.39, 0.29) is 0 Å². The quantitative estimate of drug-likeness (QED) is 0.499. The lowest BCUT2D eigenvalue weighted by atomic mass is 9.87. The summed E-state index contributed by atoms with van der Waals surface area (Å²) in [6.07, 6.45) is 6.44. The van der Waals surface area contributed by atoms with Gasteiger partial charge in [0.1, 0.15) is 0 Å². The Morgan fingerprint density at radius 2 is 2.07 bits per heavy atom. The van der Waals surface area contributed by atoms with E-state index < -0.39 is 11.4 Å². The number of allylic oxidation sites excluding steroid dienone is 1. The van der Waals surface area contributed by atoms with Crippen molar-refractivity contribution in [2.24, 2.45) is 5.41 Å². The molecule has 0 saturated carbocycles. The Balaban J connectivity index is 3.42. The lowest BCUT2D eigenvalue weighted by molar-refractivity contribution is -0.147. The molecule has 0 aliphatic heterocycles. The van der Waals surface area contributed by atoms with Crippen molar-refractivity contribution in [2.45, 2.75) is 40.0 Å². The number of aliphatic carboxylic acids is 1. The van der Waals surface area contributed by atoms with E-state index in [2.05, 4.69) is 0 Å². The van der Waals surface area contributed by atoms with Gasteiger partial charge < -0.3 is 9.84 Å². The molecular formula is C12H22O3. The zero-order chi connectivity index (χ0) is 11.7. The van der Waals surface area contributed by atoms with Crippen molar-refractivity contribution >= 4 is 5.97 Å². The predicted octanol–water partition coefficient (Wildman–Crippen LogP) is 2.86. The van der Waals surface area contributed by atoms with Gasteiger partial charge in [0, 0.05) is 6.61 Å². The number of unbranched alkanes of at least 4 members (excludes halogenated alkanes) is 1. The van der Waals surface area contributed by atoms with Gasteiger partial charge in [0.25, 0.3) is 0 Å². The summed E-state index contributed by atoms with van der Waals surface area (Å²) >= 11 is 0. The van der Waals surface area contributed by atoms with Gasteiger partial charge >= 0.3 is 5.97 Å². The van der Waals surface area contributed by atoms with Crippen LogP contribution < -0.4 is 0 Å². The van der Waals surface area contributed by atoms with Crippen LogP contribution in [0.3, 0.4) is 0 Å². The van der Waals surface area contributed by atoms with E-state index >= 15 is 0 Å². The number of hydrogen-bond donors (Lipinski definition) is 1. The smallest absolute Gasteiger partial charge is 0.309 e. The van der Waals surface area contributed by atoms with Gasteiger partial charge in [-0.25, -0.2) is 0 Å². The van der Waals surface area contributed by atoms with Crippen molar-refractivity contribution in [3.05, 3.63) is 12.2 Å². The minimum Gasteiger partial charge on any atom is -0.481 e. The van der Waals surface area contributed by atoms with Gasteiger partial charge in [-0.2, -0.15) is 0 Å². The van der Waals surface area contributed by atoms with E-state index in [4.69, 9.17) is 9.84 Å². The number of rotatable bonds is 8. The fraction of sp³-hybridized carbons (Fsp3) is 0.750. The van der Waals surface area contributed by atoms with Gasteiger partial charge in [-0.15, -0.1) is 0 Å². The van der Waals surface area contributed by atoms with Gasteiger partial charge in [-0.05, 0) is 33.6 Å². The lowest BCUT2D eigenvalue weighted by Gasteiger charge is -2.18. The van der Waals surface area contributed by atoms with Crippen molar-refractivity contribution < 1.29 is 14.6 Å². The van der Waals surface area contributed by atoms with Gasteiger partial charge in [-0.1, -0.05) is 18.6 Å². The topological polar surface area (TPSA) is 46.5 Å². The van der Waals surface area contributed by atoms with Crippen LogP contribution in [0.5, 0.6) is 0 Å². The number of ether oxygens (including phenoxy) is 1. The minimum absolute atomic E-state index is 0.608. The van der Waals surface area contributed by atoms with Crippen LogP contribution in [0.1, 0.15) is 40.0 Å². The molecular weight excluding hydrogens is 192 g/mol. The largest absolute Gasteiger partial charge is 0.481 e. The molecule has 0 radical (unpaired) electrons. The van der Waals surface area contributed by atoms with Crippen molar-refractivity contribution in [3.8, 4) is 0 Å². The molecule has 0 atom stereocenters. The highest BCUT2D eigenvalue weighted by molar-refractivity contribution is 5.73. The van der Waals surface area contributed by atoms with Crippen molar-refractivity contribution in [3.63, 3.8) is 0 Å². The Bertz CT molecular complexity index is 207. The molecule has 1 N–H and O–H groups in total. The second kappa shape index (κ2) is 7.46. The zero-order valence-corrected chi connectivity index (χ0v) is 9.95. The van der Waals surface area contributed by atoms with E-state index in [1.807, 2.05) is 19.1 Å². The monoisotopic (exact) mass is 214 g/mol. The number of hydrogen-bond acceptors (Lipinski definition) is 2. The summed E-state index contributed by atoms with van der Waals surface area (Å²) in [5, 5.41) is 8.87. The molecule has 15 heavy (non-hydrogen) atoms. The summed E-state index contributed by atoms with van der Waals surface area (Å²) in [6.45, 7) is 6.84. The highest BCUT2D eigenvalue weighted by Gasteiger charge is 2.25. The van der Waals surface area contributed by atoms with Crippen LogP contribution >= 0.6 is 0 Å². The van der Waals surface area contributed by atoms with Crippen LogP contribution in [0.2, 0.25) is 0 Å². The lowest BCUT2D eigenvalue weighted by Crippen LogP contribution is -2.23. The normalized spacial score (nSPS) is 12.2. The molecule has 0 spiro atoms. The third kappa shape index (κ3) is 7.14. The molecule has 0 amide bonds. The average Bonchev–Trinajstić information content (AvgIpc) is 2.16. The molecule has 0 aliphatic rings. The first-order valence-electron chi connectivity index (χ1n) is 5.43. The Hall–Kier alpha value is -0.830. The van der Waals surface area contributed by atoms with Crippen molar-refractivity contribution in [1.82, 2.24) is 0 Å². The van der Waals surface area contributed by atoms with E-state index in [0.717, 1.165) is 12.8 Å².